The second-order valence-electron chi connectivity index (χ2n) is 4.49. The van der Waals surface area contributed by atoms with Crippen molar-refractivity contribution in [3.63, 3.8) is 0 Å². The molecule has 20 heavy (non-hydrogen) atoms. The van der Waals surface area contributed by atoms with Gasteiger partial charge in [0.25, 0.3) is 5.91 Å². The molecular formula is C15H16BrNO2S. The van der Waals surface area contributed by atoms with Gasteiger partial charge in [-0.05, 0) is 58.9 Å². The number of rotatable bonds is 5. The summed E-state index contributed by atoms with van der Waals surface area (Å²) in [4.78, 5) is 13.1. The summed E-state index contributed by atoms with van der Waals surface area (Å²) >= 11 is 5.06. The van der Waals surface area contributed by atoms with E-state index in [9.17, 15) is 4.79 Å². The van der Waals surface area contributed by atoms with Gasteiger partial charge in [0.2, 0.25) is 0 Å². The largest absolute Gasteiger partial charge is 0.480 e. The lowest BCUT2D eigenvalue weighted by Gasteiger charge is -2.15. The van der Waals surface area contributed by atoms with Gasteiger partial charge in [0.15, 0.2) is 6.10 Å². The van der Waals surface area contributed by atoms with Crippen molar-refractivity contribution < 1.29 is 9.53 Å². The van der Waals surface area contributed by atoms with E-state index in [0.717, 1.165) is 14.9 Å². The van der Waals surface area contributed by atoms with E-state index in [4.69, 9.17) is 4.74 Å². The number of aryl methyl sites for hydroxylation is 1. The third-order valence-corrected chi connectivity index (χ3v) is 4.27. The Kier molecular flexibility index (Phi) is 5.20. The number of thiophene rings is 1. The molecule has 1 atom stereocenters. The van der Waals surface area contributed by atoms with Crippen LogP contribution in [0.4, 0.5) is 0 Å². The molecule has 2 aromatic rings. The third kappa shape index (κ3) is 4.08. The van der Waals surface area contributed by atoms with Crippen LogP contribution in [0, 0.1) is 6.92 Å². The number of halogens is 1. The van der Waals surface area contributed by atoms with Crippen molar-refractivity contribution in [2.75, 3.05) is 0 Å². The van der Waals surface area contributed by atoms with Crippen molar-refractivity contribution in [1.29, 1.82) is 0 Å². The molecule has 0 aliphatic rings. The summed E-state index contributed by atoms with van der Waals surface area (Å²) < 4.78 is 6.53. The quantitative estimate of drug-likeness (QED) is 0.884. The molecule has 106 valence electrons. The Hall–Kier alpha value is -1.33. The number of amides is 1. The predicted octanol–water partition coefficient (Wildman–Crippen LogP) is 3.90. The molecule has 1 amide bonds. The van der Waals surface area contributed by atoms with Gasteiger partial charge in [-0.2, -0.15) is 0 Å². The molecule has 0 spiro atoms. The van der Waals surface area contributed by atoms with Gasteiger partial charge in [0.05, 0.1) is 11.0 Å². The van der Waals surface area contributed by atoms with Gasteiger partial charge in [0.1, 0.15) is 5.75 Å². The molecular weight excluding hydrogens is 338 g/mol. The van der Waals surface area contributed by atoms with Crippen LogP contribution in [-0.4, -0.2) is 12.0 Å². The Bertz CT molecular complexity index is 584. The maximum absolute atomic E-state index is 12.0. The van der Waals surface area contributed by atoms with E-state index in [1.807, 2.05) is 42.6 Å². The number of benzene rings is 1. The van der Waals surface area contributed by atoms with Gasteiger partial charge in [-0.15, -0.1) is 11.3 Å². The van der Waals surface area contributed by atoms with Gasteiger partial charge < -0.3 is 10.1 Å². The smallest absolute Gasteiger partial charge is 0.261 e. The van der Waals surface area contributed by atoms with Gasteiger partial charge in [0, 0.05) is 4.88 Å². The molecule has 0 radical (unpaired) electrons. The number of hydrogen-bond acceptors (Lipinski definition) is 3. The van der Waals surface area contributed by atoms with Crippen molar-refractivity contribution in [3.05, 3.63) is 50.6 Å². The van der Waals surface area contributed by atoms with Gasteiger partial charge in [-0.25, -0.2) is 0 Å². The predicted molar refractivity (Wildman–Crippen MR) is 85.1 cm³/mol. The van der Waals surface area contributed by atoms with E-state index >= 15 is 0 Å². The Morgan fingerprint density at radius 1 is 1.45 bits per heavy atom. The minimum Gasteiger partial charge on any atom is -0.480 e. The second-order valence-corrected chi connectivity index (χ2v) is 6.38. The molecule has 2 rings (SSSR count). The molecule has 1 heterocycles. The summed E-state index contributed by atoms with van der Waals surface area (Å²) in [6.45, 7) is 4.29. The lowest BCUT2D eigenvalue weighted by Crippen LogP contribution is -2.35. The minimum absolute atomic E-state index is 0.120. The molecule has 1 N–H and O–H groups in total. The first-order chi connectivity index (χ1) is 9.56. The Labute approximate surface area is 131 Å². The Morgan fingerprint density at radius 3 is 2.90 bits per heavy atom. The highest BCUT2D eigenvalue weighted by atomic mass is 79.9. The fourth-order valence-electron chi connectivity index (χ4n) is 1.68. The van der Waals surface area contributed by atoms with Crippen LogP contribution in [0.2, 0.25) is 0 Å². The summed E-state index contributed by atoms with van der Waals surface area (Å²) in [6, 6.07) is 9.74. The zero-order chi connectivity index (χ0) is 14.5. The number of carbonyl (C=O) groups is 1. The summed E-state index contributed by atoms with van der Waals surface area (Å²) in [7, 11) is 0. The van der Waals surface area contributed by atoms with Crippen LogP contribution in [0.1, 0.15) is 17.4 Å². The maximum Gasteiger partial charge on any atom is 0.261 e. The molecule has 3 nitrogen and oxygen atoms in total. The first kappa shape index (κ1) is 15.1. The fourth-order valence-corrected chi connectivity index (χ4v) is 2.91. The second kappa shape index (κ2) is 6.90. The van der Waals surface area contributed by atoms with Crippen LogP contribution < -0.4 is 10.1 Å². The van der Waals surface area contributed by atoms with E-state index in [1.54, 1.807) is 18.3 Å². The molecule has 0 aliphatic heterocycles. The van der Waals surface area contributed by atoms with Crippen LogP contribution in [0.3, 0.4) is 0 Å². The van der Waals surface area contributed by atoms with Gasteiger partial charge in [-0.3, -0.25) is 4.79 Å². The highest BCUT2D eigenvalue weighted by Gasteiger charge is 2.15. The lowest BCUT2D eigenvalue weighted by molar-refractivity contribution is -0.127. The summed E-state index contributed by atoms with van der Waals surface area (Å²) in [6.07, 6.45) is -0.533. The van der Waals surface area contributed by atoms with E-state index in [1.165, 1.54) is 0 Å². The van der Waals surface area contributed by atoms with E-state index in [-0.39, 0.29) is 5.91 Å². The van der Waals surface area contributed by atoms with Crippen LogP contribution in [0.5, 0.6) is 5.75 Å². The highest BCUT2D eigenvalue weighted by molar-refractivity contribution is 9.10. The van der Waals surface area contributed by atoms with E-state index in [2.05, 4.69) is 21.2 Å². The fraction of sp³-hybridized carbons (Fsp3) is 0.267. The summed E-state index contributed by atoms with van der Waals surface area (Å²) in [5.74, 6) is 0.556. The standard InChI is InChI=1S/C15H16BrNO2S/c1-10-5-6-14(13(16)8-10)19-11(2)15(18)17-9-12-4-3-7-20-12/h3-8,11H,9H2,1-2H3,(H,17,18). The SMILES string of the molecule is Cc1ccc(OC(C)C(=O)NCc2cccs2)c(Br)c1. The molecule has 0 saturated carbocycles. The Balaban J connectivity index is 1.90. The Morgan fingerprint density at radius 2 is 2.25 bits per heavy atom. The molecule has 1 unspecified atom stereocenters. The first-order valence-corrected chi connectivity index (χ1v) is 7.96. The summed E-state index contributed by atoms with van der Waals surface area (Å²) in [5.41, 5.74) is 1.14. The van der Waals surface area contributed by atoms with Gasteiger partial charge in [-0.1, -0.05) is 12.1 Å². The minimum atomic E-state index is -0.533. The molecule has 0 aliphatic carbocycles. The van der Waals surface area contributed by atoms with Crippen LogP contribution in [0.25, 0.3) is 0 Å². The molecule has 0 bridgehead atoms. The van der Waals surface area contributed by atoms with Crippen molar-refractivity contribution in [1.82, 2.24) is 5.32 Å². The van der Waals surface area contributed by atoms with E-state index < -0.39 is 6.10 Å². The highest BCUT2D eigenvalue weighted by Crippen LogP contribution is 2.26. The average molecular weight is 354 g/mol. The molecule has 0 fully saturated rings. The maximum atomic E-state index is 12.0. The number of nitrogens with one attached hydrogen (secondary N) is 1. The van der Waals surface area contributed by atoms with E-state index in [0.29, 0.717) is 12.3 Å². The molecule has 0 saturated heterocycles. The van der Waals surface area contributed by atoms with Gasteiger partial charge >= 0.3 is 0 Å². The zero-order valence-corrected chi connectivity index (χ0v) is 13.8. The van der Waals surface area contributed by atoms with Crippen LogP contribution in [0.15, 0.2) is 40.2 Å². The number of carbonyl (C=O) groups excluding carboxylic acids is 1. The number of hydrogen-bond donors (Lipinski definition) is 1. The van der Waals surface area contributed by atoms with Crippen molar-refractivity contribution >= 4 is 33.2 Å². The lowest BCUT2D eigenvalue weighted by atomic mass is 10.2. The topological polar surface area (TPSA) is 38.3 Å². The monoisotopic (exact) mass is 353 g/mol. The first-order valence-electron chi connectivity index (χ1n) is 6.29. The van der Waals surface area contributed by atoms with Crippen molar-refractivity contribution in [2.45, 2.75) is 26.5 Å². The number of ether oxygens (including phenoxy) is 1. The van der Waals surface area contributed by atoms with Crippen LogP contribution >= 0.6 is 27.3 Å². The normalized spacial score (nSPS) is 11.9. The van der Waals surface area contributed by atoms with Crippen molar-refractivity contribution in [2.24, 2.45) is 0 Å². The molecule has 1 aromatic carbocycles. The molecule has 1 aromatic heterocycles. The zero-order valence-electron chi connectivity index (χ0n) is 11.4. The van der Waals surface area contributed by atoms with Crippen LogP contribution in [-0.2, 0) is 11.3 Å². The average Bonchev–Trinajstić information content (AvgIpc) is 2.92. The third-order valence-electron chi connectivity index (χ3n) is 2.78. The van der Waals surface area contributed by atoms with Crippen molar-refractivity contribution in [3.8, 4) is 5.75 Å². The molecule has 5 heteroatoms. The summed E-state index contributed by atoms with van der Waals surface area (Å²) in [5, 5.41) is 4.86.